The smallest absolute Gasteiger partial charge is 0.332 e. The zero-order valence-electron chi connectivity index (χ0n) is 8.35. The first-order valence-corrected chi connectivity index (χ1v) is 4.95. The van der Waals surface area contributed by atoms with Gasteiger partial charge in [0, 0.05) is 18.9 Å². The first kappa shape index (κ1) is 11.7. The lowest BCUT2D eigenvalue weighted by atomic mass is 10.1. The van der Waals surface area contributed by atoms with E-state index in [0.717, 1.165) is 12.8 Å². The van der Waals surface area contributed by atoms with E-state index in [4.69, 9.17) is 10.2 Å². The van der Waals surface area contributed by atoms with E-state index in [9.17, 15) is 9.59 Å². The van der Waals surface area contributed by atoms with E-state index in [-0.39, 0.29) is 24.8 Å². The van der Waals surface area contributed by atoms with Gasteiger partial charge < -0.3 is 15.5 Å². The number of aliphatic carboxylic acids is 1. The van der Waals surface area contributed by atoms with E-state index in [0.29, 0.717) is 0 Å². The SMILES string of the molecule is O=C(O)C(O)CCNC(=O)C1CC=CC1. The first-order chi connectivity index (χ1) is 7.11. The van der Waals surface area contributed by atoms with Crippen LogP contribution in [0.1, 0.15) is 19.3 Å². The Morgan fingerprint density at radius 3 is 2.53 bits per heavy atom. The molecule has 1 aliphatic carbocycles. The minimum atomic E-state index is -1.40. The molecule has 1 unspecified atom stereocenters. The van der Waals surface area contributed by atoms with Gasteiger partial charge >= 0.3 is 5.97 Å². The summed E-state index contributed by atoms with van der Waals surface area (Å²) in [6.07, 6.45) is 4.04. The van der Waals surface area contributed by atoms with E-state index < -0.39 is 12.1 Å². The van der Waals surface area contributed by atoms with Crippen LogP contribution in [0.5, 0.6) is 0 Å². The first-order valence-electron chi connectivity index (χ1n) is 4.95. The molecule has 3 N–H and O–H groups in total. The number of rotatable bonds is 5. The van der Waals surface area contributed by atoms with Crippen LogP contribution in [0.25, 0.3) is 0 Å². The molecular formula is C10H15NO4. The van der Waals surface area contributed by atoms with Crippen LogP contribution in [-0.4, -0.2) is 34.7 Å². The van der Waals surface area contributed by atoms with Gasteiger partial charge in [0.15, 0.2) is 6.10 Å². The summed E-state index contributed by atoms with van der Waals surface area (Å²) in [6.45, 7) is 0.197. The number of amides is 1. The van der Waals surface area contributed by atoms with Crippen LogP contribution >= 0.6 is 0 Å². The molecule has 1 atom stereocenters. The van der Waals surface area contributed by atoms with Crippen LogP contribution in [0.4, 0.5) is 0 Å². The minimum absolute atomic E-state index is 0.0213. The molecular weight excluding hydrogens is 198 g/mol. The third-order valence-electron chi connectivity index (χ3n) is 2.38. The van der Waals surface area contributed by atoms with Crippen molar-refractivity contribution in [2.75, 3.05) is 6.54 Å². The highest BCUT2D eigenvalue weighted by Crippen LogP contribution is 2.17. The van der Waals surface area contributed by atoms with Crippen LogP contribution in [0.2, 0.25) is 0 Å². The lowest BCUT2D eigenvalue weighted by Gasteiger charge is -2.11. The summed E-state index contributed by atoms with van der Waals surface area (Å²) in [5, 5.41) is 19.9. The summed E-state index contributed by atoms with van der Waals surface area (Å²) >= 11 is 0. The van der Waals surface area contributed by atoms with E-state index in [1.165, 1.54) is 0 Å². The molecule has 0 saturated heterocycles. The molecule has 5 nitrogen and oxygen atoms in total. The molecule has 0 spiro atoms. The molecule has 1 rings (SSSR count). The molecule has 0 radical (unpaired) electrons. The largest absolute Gasteiger partial charge is 0.479 e. The summed E-state index contributed by atoms with van der Waals surface area (Å²) in [4.78, 5) is 21.7. The van der Waals surface area contributed by atoms with Crippen molar-refractivity contribution in [1.29, 1.82) is 0 Å². The number of carbonyl (C=O) groups excluding carboxylic acids is 1. The zero-order chi connectivity index (χ0) is 11.3. The molecule has 1 amide bonds. The van der Waals surface area contributed by atoms with Crippen molar-refractivity contribution in [3.05, 3.63) is 12.2 Å². The molecule has 0 aromatic heterocycles. The van der Waals surface area contributed by atoms with Crippen molar-refractivity contribution in [2.24, 2.45) is 5.92 Å². The second-order valence-corrected chi connectivity index (χ2v) is 3.57. The summed E-state index contributed by atoms with van der Waals surface area (Å²) in [5.74, 6) is -1.35. The van der Waals surface area contributed by atoms with Crippen molar-refractivity contribution >= 4 is 11.9 Å². The van der Waals surface area contributed by atoms with E-state index in [1.807, 2.05) is 12.2 Å². The molecule has 5 heteroatoms. The molecule has 0 aliphatic heterocycles. The third-order valence-corrected chi connectivity index (χ3v) is 2.38. The quantitative estimate of drug-likeness (QED) is 0.557. The number of allylic oxidation sites excluding steroid dienone is 2. The zero-order valence-corrected chi connectivity index (χ0v) is 8.35. The molecule has 0 aromatic carbocycles. The highest BCUT2D eigenvalue weighted by molar-refractivity contribution is 5.79. The van der Waals surface area contributed by atoms with Gasteiger partial charge in [0.1, 0.15) is 0 Å². The fourth-order valence-electron chi connectivity index (χ4n) is 1.43. The van der Waals surface area contributed by atoms with Crippen molar-refractivity contribution in [1.82, 2.24) is 5.32 Å². The molecule has 0 bridgehead atoms. The lowest BCUT2D eigenvalue weighted by molar-refractivity contribution is -0.147. The Balaban J connectivity index is 2.14. The third kappa shape index (κ3) is 3.71. The van der Waals surface area contributed by atoms with Gasteiger partial charge in [0.25, 0.3) is 0 Å². The van der Waals surface area contributed by atoms with E-state index >= 15 is 0 Å². The van der Waals surface area contributed by atoms with Gasteiger partial charge in [0.2, 0.25) is 5.91 Å². The standard InChI is InChI=1S/C10H15NO4/c12-8(10(14)15)5-6-11-9(13)7-3-1-2-4-7/h1-2,7-8,12H,3-6H2,(H,11,13)(H,14,15). The van der Waals surface area contributed by atoms with Gasteiger partial charge in [-0.1, -0.05) is 12.2 Å². The van der Waals surface area contributed by atoms with Gasteiger partial charge in [-0.15, -0.1) is 0 Å². The van der Waals surface area contributed by atoms with Crippen LogP contribution < -0.4 is 5.32 Å². The van der Waals surface area contributed by atoms with Gasteiger partial charge in [-0.2, -0.15) is 0 Å². The van der Waals surface area contributed by atoms with Crippen molar-refractivity contribution < 1.29 is 19.8 Å². The van der Waals surface area contributed by atoms with Crippen LogP contribution in [0, 0.1) is 5.92 Å². The average Bonchev–Trinajstić information content (AvgIpc) is 2.70. The summed E-state index contributed by atoms with van der Waals surface area (Å²) < 4.78 is 0. The van der Waals surface area contributed by atoms with Gasteiger partial charge in [-0.05, 0) is 12.8 Å². The van der Waals surface area contributed by atoms with Gasteiger partial charge in [-0.25, -0.2) is 4.79 Å². The molecule has 0 aromatic rings. The summed E-state index contributed by atoms with van der Waals surface area (Å²) in [6, 6.07) is 0. The number of hydrogen-bond donors (Lipinski definition) is 3. The molecule has 0 heterocycles. The Kier molecular flexibility index (Phi) is 4.30. The maximum atomic E-state index is 11.4. The number of carboxylic acids is 1. The average molecular weight is 213 g/mol. The second-order valence-electron chi connectivity index (χ2n) is 3.57. The Labute approximate surface area is 87.8 Å². The molecule has 1 aliphatic rings. The maximum absolute atomic E-state index is 11.4. The Hall–Kier alpha value is -1.36. The lowest BCUT2D eigenvalue weighted by Crippen LogP contribution is -2.33. The molecule has 15 heavy (non-hydrogen) atoms. The normalized spacial score (nSPS) is 17.7. The number of aliphatic hydroxyl groups excluding tert-OH is 1. The number of nitrogens with one attached hydrogen (secondary N) is 1. The number of carboxylic acid groups (broad SMARTS) is 1. The summed E-state index contributed by atoms with van der Waals surface area (Å²) in [7, 11) is 0. The number of carbonyl (C=O) groups is 2. The highest BCUT2D eigenvalue weighted by Gasteiger charge is 2.19. The highest BCUT2D eigenvalue weighted by atomic mass is 16.4. The van der Waals surface area contributed by atoms with Crippen molar-refractivity contribution in [3.63, 3.8) is 0 Å². The van der Waals surface area contributed by atoms with Crippen molar-refractivity contribution in [3.8, 4) is 0 Å². The molecule has 0 fully saturated rings. The number of aliphatic hydroxyl groups is 1. The fourth-order valence-corrected chi connectivity index (χ4v) is 1.43. The van der Waals surface area contributed by atoms with Crippen LogP contribution in [-0.2, 0) is 9.59 Å². The Morgan fingerprint density at radius 1 is 1.40 bits per heavy atom. The summed E-state index contributed by atoms with van der Waals surface area (Å²) in [5.41, 5.74) is 0. The fraction of sp³-hybridized carbons (Fsp3) is 0.600. The van der Waals surface area contributed by atoms with Crippen LogP contribution in [0.15, 0.2) is 12.2 Å². The predicted molar refractivity (Wildman–Crippen MR) is 53.1 cm³/mol. The topological polar surface area (TPSA) is 86.6 Å². The van der Waals surface area contributed by atoms with Crippen LogP contribution in [0.3, 0.4) is 0 Å². The van der Waals surface area contributed by atoms with Crippen molar-refractivity contribution in [2.45, 2.75) is 25.4 Å². The Morgan fingerprint density at radius 2 is 2.00 bits per heavy atom. The monoisotopic (exact) mass is 213 g/mol. The van der Waals surface area contributed by atoms with Gasteiger partial charge in [-0.3, -0.25) is 4.79 Å². The molecule has 0 saturated carbocycles. The minimum Gasteiger partial charge on any atom is -0.479 e. The second kappa shape index (κ2) is 5.50. The Bertz CT molecular complexity index is 267. The maximum Gasteiger partial charge on any atom is 0.332 e. The van der Waals surface area contributed by atoms with E-state index in [1.54, 1.807) is 0 Å². The van der Waals surface area contributed by atoms with Gasteiger partial charge in [0.05, 0.1) is 0 Å². The predicted octanol–water partition coefficient (Wildman–Crippen LogP) is -0.0956. The van der Waals surface area contributed by atoms with E-state index in [2.05, 4.69) is 5.32 Å². The number of hydrogen-bond acceptors (Lipinski definition) is 3. The molecule has 84 valence electrons.